The highest BCUT2D eigenvalue weighted by molar-refractivity contribution is 4.74. The minimum Gasteiger partial charge on any atom is -0.302 e. The minimum absolute atomic E-state index is 0.0896. The summed E-state index contributed by atoms with van der Waals surface area (Å²) in [6.45, 7) is 16.7. The van der Waals surface area contributed by atoms with Crippen molar-refractivity contribution in [2.45, 2.75) is 60.4 Å². The molecule has 0 aliphatic rings. The van der Waals surface area contributed by atoms with E-state index in [0.29, 0.717) is 11.3 Å². The molecule has 0 bridgehead atoms. The molecule has 0 fully saturated rings. The van der Waals surface area contributed by atoms with Gasteiger partial charge in [-0.3, -0.25) is 0 Å². The van der Waals surface area contributed by atoms with Crippen LogP contribution in [0.3, 0.4) is 0 Å². The van der Waals surface area contributed by atoms with Crippen LogP contribution in [-0.4, -0.2) is 24.3 Å². The number of hydrogen-bond acceptors (Lipinski definition) is 2. The van der Waals surface area contributed by atoms with E-state index in [1.165, 1.54) is 6.42 Å². The first-order valence-electron chi connectivity index (χ1n) is 5.90. The maximum atomic E-state index is 5.41. The van der Waals surface area contributed by atoms with Crippen LogP contribution in [0.2, 0.25) is 0 Å². The third-order valence-corrected chi connectivity index (χ3v) is 3.21. The molecule has 2 nitrogen and oxygen atoms in total. The molecule has 0 aromatic carbocycles. The van der Waals surface area contributed by atoms with Gasteiger partial charge in [0.2, 0.25) is 0 Å². The van der Waals surface area contributed by atoms with Gasteiger partial charge in [0.1, 0.15) is 0 Å². The SMILES string of the molecule is CON(CCC(C)C(C)(C)C)C(C)(C)C. The molecule has 0 saturated heterocycles. The first kappa shape index (κ1) is 14.9. The summed E-state index contributed by atoms with van der Waals surface area (Å²) >= 11 is 0. The molecular weight excluding hydrogens is 186 g/mol. The highest BCUT2D eigenvalue weighted by Gasteiger charge is 2.25. The molecule has 0 amide bonds. The van der Waals surface area contributed by atoms with E-state index in [1.54, 1.807) is 7.11 Å². The summed E-state index contributed by atoms with van der Waals surface area (Å²) in [5.74, 6) is 0.706. The van der Waals surface area contributed by atoms with Crippen molar-refractivity contribution in [3.05, 3.63) is 0 Å². The zero-order valence-corrected chi connectivity index (χ0v) is 11.8. The largest absolute Gasteiger partial charge is 0.302 e. The first-order valence-corrected chi connectivity index (χ1v) is 5.90. The molecule has 0 radical (unpaired) electrons. The van der Waals surface area contributed by atoms with Gasteiger partial charge in [0.05, 0.1) is 7.11 Å². The molecule has 1 atom stereocenters. The van der Waals surface area contributed by atoms with Gasteiger partial charge in [-0.1, -0.05) is 27.7 Å². The normalized spacial score (nSPS) is 15.8. The fourth-order valence-electron chi connectivity index (χ4n) is 1.44. The molecule has 92 valence electrons. The Labute approximate surface area is 95.9 Å². The van der Waals surface area contributed by atoms with Gasteiger partial charge in [0.15, 0.2) is 0 Å². The van der Waals surface area contributed by atoms with Crippen LogP contribution in [0.5, 0.6) is 0 Å². The van der Waals surface area contributed by atoms with E-state index in [-0.39, 0.29) is 5.54 Å². The molecule has 2 heteroatoms. The Kier molecular flexibility index (Phi) is 5.28. The monoisotopic (exact) mass is 215 g/mol. The molecular formula is C13H29NO. The third-order valence-electron chi connectivity index (χ3n) is 3.21. The van der Waals surface area contributed by atoms with E-state index in [9.17, 15) is 0 Å². The Hall–Kier alpha value is -0.0800. The zero-order chi connectivity index (χ0) is 12.3. The summed E-state index contributed by atoms with van der Waals surface area (Å²) < 4.78 is 0. The first-order chi connectivity index (χ1) is 6.59. The van der Waals surface area contributed by atoms with E-state index < -0.39 is 0 Å². The highest BCUT2D eigenvalue weighted by atomic mass is 16.7. The lowest BCUT2D eigenvalue weighted by atomic mass is 9.80. The van der Waals surface area contributed by atoms with Crippen LogP contribution in [0.15, 0.2) is 0 Å². The number of hydroxylamine groups is 2. The highest BCUT2D eigenvalue weighted by Crippen LogP contribution is 2.28. The molecule has 15 heavy (non-hydrogen) atoms. The average Bonchev–Trinajstić information content (AvgIpc) is 2.00. The molecule has 0 rings (SSSR count). The molecule has 0 aromatic rings. The molecule has 0 aliphatic heterocycles. The van der Waals surface area contributed by atoms with Crippen LogP contribution in [0.1, 0.15) is 54.9 Å². The Morgan fingerprint density at radius 2 is 1.53 bits per heavy atom. The molecule has 0 saturated carbocycles. The van der Waals surface area contributed by atoms with Gasteiger partial charge >= 0.3 is 0 Å². The minimum atomic E-state index is 0.0896. The van der Waals surface area contributed by atoms with Gasteiger partial charge in [-0.2, -0.15) is 5.06 Å². The Balaban J connectivity index is 4.14. The number of hydrogen-bond donors (Lipinski definition) is 0. The van der Waals surface area contributed by atoms with Crippen LogP contribution < -0.4 is 0 Å². The molecule has 0 aliphatic carbocycles. The molecule has 0 N–H and O–H groups in total. The van der Waals surface area contributed by atoms with E-state index in [0.717, 1.165) is 6.54 Å². The van der Waals surface area contributed by atoms with Crippen molar-refractivity contribution >= 4 is 0 Å². The molecule has 1 unspecified atom stereocenters. The van der Waals surface area contributed by atoms with Crippen LogP contribution in [0.4, 0.5) is 0 Å². The lowest BCUT2D eigenvalue weighted by Gasteiger charge is -2.35. The topological polar surface area (TPSA) is 12.5 Å². The summed E-state index contributed by atoms with van der Waals surface area (Å²) in [6, 6.07) is 0. The third kappa shape index (κ3) is 5.53. The Bertz CT molecular complexity index is 176. The second-order valence-corrected chi connectivity index (χ2v) is 6.51. The van der Waals surface area contributed by atoms with Crippen molar-refractivity contribution in [2.75, 3.05) is 13.7 Å². The lowest BCUT2D eigenvalue weighted by molar-refractivity contribution is -0.189. The smallest absolute Gasteiger partial charge is 0.0575 e. The summed E-state index contributed by atoms with van der Waals surface area (Å²) in [4.78, 5) is 5.41. The lowest BCUT2D eigenvalue weighted by Crippen LogP contribution is -2.42. The summed E-state index contributed by atoms with van der Waals surface area (Å²) in [5, 5.41) is 2.06. The predicted octanol–water partition coefficient (Wildman–Crippen LogP) is 3.72. The van der Waals surface area contributed by atoms with Crippen molar-refractivity contribution in [3.8, 4) is 0 Å². The second-order valence-electron chi connectivity index (χ2n) is 6.51. The standard InChI is InChI=1S/C13H29NO/c1-11(12(2,3)4)9-10-14(15-8)13(5,6)7/h11H,9-10H2,1-8H3. The van der Waals surface area contributed by atoms with Gasteiger partial charge in [-0.15, -0.1) is 0 Å². The summed E-state index contributed by atoms with van der Waals surface area (Å²) in [6.07, 6.45) is 1.18. The predicted molar refractivity (Wildman–Crippen MR) is 66.7 cm³/mol. The fraction of sp³-hybridized carbons (Fsp3) is 1.00. The van der Waals surface area contributed by atoms with E-state index in [2.05, 4.69) is 53.5 Å². The van der Waals surface area contributed by atoms with Gasteiger partial charge in [-0.05, 0) is 38.5 Å². The quantitative estimate of drug-likeness (QED) is 0.663. The van der Waals surface area contributed by atoms with E-state index in [4.69, 9.17) is 4.84 Å². The van der Waals surface area contributed by atoms with Crippen molar-refractivity contribution in [3.63, 3.8) is 0 Å². The maximum Gasteiger partial charge on any atom is 0.0575 e. The van der Waals surface area contributed by atoms with Crippen molar-refractivity contribution < 1.29 is 4.84 Å². The Morgan fingerprint density at radius 3 is 1.80 bits per heavy atom. The van der Waals surface area contributed by atoms with E-state index in [1.807, 2.05) is 0 Å². The Morgan fingerprint density at radius 1 is 1.07 bits per heavy atom. The summed E-state index contributed by atoms with van der Waals surface area (Å²) in [7, 11) is 1.76. The molecule has 0 spiro atoms. The second kappa shape index (κ2) is 5.31. The average molecular weight is 215 g/mol. The molecule has 0 aromatic heterocycles. The van der Waals surface area contributed by atoms with Crippen LogP contribution in [0, 0.1) is 11.3 Å². The van der Waals surface area contributed by atoms with Crippen LogP contribution >= 0.6 is 0 Å². The van der Waals surface area contributed by atoms with E-state index >= 15 is 0 Å². The number of nitrogens with zero attached hydrogens (tertiary/aromatic N) is 1. The summed E-state index contributed by atoms with van der Waals surface area (Å²) in [5.41, 5.74) is 0.476. The number of rotatable bonds is 4. The van der Waals surface area contributed by atoms with Gasteiger partial charge < -0.3 is 4.84 Å². The van der Waals surface area contributed by atoms with Crippen LogP contribution in [0.25, 0.3) is 0 Å². The maximum absolute atomic E-state index is 5.41. The van der Waals surface area contributed by atoms with Gasteiger partial charge in [-0.25, -0.2) is 0 Å². The van der Waals surface area contributed by atoms with Crippen molar-refractivity contribution in [1.82, 2.24) is 5.06 Å². The van der Waals surface area contributed by atoms with Crippen molar-refractivity contribution in [1.29, 1.82) is 0 Å². The van der Waals surface area contributed by atoms with Crippen molar-refractivity contribution in [2.24, 2.45) is 11.3 Å². The zero-order valence-electron chi connectivity index (χ0n) is 11.8. The molecule has 0 heterocycles. The van der Waals surface area contributed by atoms with Gasteiger partial charge in [0.25, 0.3) is 0 Å². The van der Waals surface area contributed by atoms with Crippen LogP contribution in [-0.2, 0) is 4.84 Å². The fourth-order valence-corrected chi connectivity index (χ4v) is 1.44. The van der Waals surface area contributed by atoms with Gasteiger partial charge in [0, 0.05) is 12.1 Å².